The Kier molecular flexibility index (Phi) is 6.67. The van der Waals surface area contributed by atoms with E-state index < -0.39 is 7.92 Å². The molecule has 28 heavy (non-hydrogen) atoms. The molecule has 1 N–H and O–H groups in total. The highest BCUT2D eigenvalue weighted by atomic mass is 31.1. The van der Waals surface area contributed by atoms with Gasteiger partial charge < -0.3 is 19.4 Å². The number of hydrogen-bond donors (Lipinski definition) is 1. The van der Waals surface area contributed by atoms with Crippen molar-refractivity contribution < 1.29 is 19.4 Å². The van der Waals surface area contributed by atoms with Crippen LogP contribution in [-0.2, 0) is 4.79 Å². The Morgan fingerprint density at radius 3 is 1.75 bits per heavy atom. The summed E-state index contributed by atoms with van der Waals surface area (Å²) in [4.78, 5) is 11.6. The van der Waals surface area contributed by atoms with Crippen molar-refractivity contribution in [3.05, 3.63) is 78.4 Å². The molecular weight excluding hydrogens is 371 g/mol. The van der Waals surface area contributed by atoms with Crippen molar-refractivity contribution in [1.82, 2.24) is 0 Å². The van der Waals surface area contributed by atoms with Crippen molar-refractivity contribution in [1.29, 1.82) is 0 Å². The van der Waals surface area contributed by atoms with Crippen LogP contribution < -0.4 is 20.1 Å². The van der Waals surface area contributed by atoms with Crippen LogP contribution in [0.4, 0.5) is 0 Å². The second-order valence-electron chi connectivity index (χ2n) is 6.23. The molecule has 3 aromatic rings. The minimum absolute atomic E-state index is 0.0395. The van der Waals surface area contributed by atoms with Crippen LogP contribution in [0.5, 0.6) is 17.2 Å². The summed E-state index contributed by atoms with van der Waals surface area (Å²) in [6.07, 6.45) is 1.31. The number of ether oxygens (including phenoxy) is 2. The Morgan fingerprint density at radius 1 is 0.893 bits per heavy atom. The lowest BCUT2D eigenvalue weighted by molar-refractivity contribution is -0.107. The van der Waals surface area contributed by atoms with Crippen LogP contribution in [0.3, 0.4) is 0 Å². The van der Waals surface area contributed by atoms with Gasteiger partial charge in [-0.3, -0.25) is 0 Å². The summed E-state index contributed by atoms with van der Waals surface area (Å²) < 4.78 is 10.7. The SMILES string of the molecule is COc1cc(C(CC=O)P(c2ccccc2)c2ccccc2)cc(OC)c1O. The lowest BCUT2D eigenvalue weighted by Crippen LogP contribution is -2.17. The molecule has 0 aromatic heterocycles. The fourth-order valence-electron chi connectivity index (χ4n) is 3.27. The molecule has 0 aliphatic rings. The van der Waals surface area contributed by atoms with Crippen molar-refractivity contribution in [2.45, 2.75) is 12.1 Å². The van der Waals surface area contributed by atoms with E-state index in [1.54, 1.807) is 12.1 Å². The molecule has 0 aliphatic carbocycles. The molecule has 0 heterocycles. The Labute approximate surface area is 166 Å². The molecule has 3 aromatic carbocycles. The van der Waals surface area contributed by atoms with Gasteiger partial charge in [0, 0.05) is 12.1 Å². The summed E-state index contributed by atoms with van der Waals surface area (Å²) in [5.41, 5.74) is 0.818. The van der Waals surface area contributed by atoms with Crippen LogP contribution in [0.15, 0.2) is 72.8 Å². The molecule has 0 bridgehead atoms. The first-order valence-electron chi connectivity index (χ1n) is 8.97. The van der Waals surface area contributed by atoms with E-state index in [9.17, 15) is 9.90 Å². The normalized spacial score (nSPS) is 11.8. The van der Waals surface area contributed by atoms with E-state index in [2.05, 4.69) is 24.3 Å². The van der Waals surface area contributed by atoms with E-state index in [4.69, 9.17) is 9.47 Å². The number of rotatable bonds is 8. The van der Waals surface area contributed by atoms with Crippen molar-refractivity contribution in [3.63, 3.8) is 0 Å². The molecule has 0 amide bonds. The zero-order valence-electron chi connectivity index (χ0n) is 15.9. The van der Waals surface area contributed by atoms with Gasteiger partial charge in [0.05, 0.1) is 14.2 Å². The van der Waals surface area contributed by atoms with Gasteiger partial charge in [-0.05, 0) is 36.2 Å². The van der Waals surface area contributed by atoms with Crippen LogP contribution in [0.25, 0.3) is 0 Å². The summed E-state index contributed by atoms with van der Waals surface area (Å²) in [5, 5.41) is 12.6. The molecule has 1 unspecified atom stereocenters. The number of benzene rings is 3. The molecule has 5 heteroatoms. The number of phenolic OH excluding ortho intramolecular Hbond substituents is 1. The van der Waals surface area contributed by atoms with E-state index in [-0.39, 0.29) is 11.4 Å². The lowest BCUT2D eigenvalue weighted by Gasteiger charge is -2.28. The van der Waals surface area contributed by atoms with Gasteiger partial charge in [-0.25, -0.2) is 0 Å². The number of carbonyl (C=O) groups excluding carboxylic acids is 1. The molecule has 3 rings (SSSR count). The van der Waals surface area contributed by atoms with Gasteiger partial charge in [-0.15, -0.1) is 0 Å². The Bertz CT molecular complexity index is 848. The predicted octanol–water partition coefficient (Wildman–Crippen LogP) is 4.17. The smallest absolute Gasteiger partial charge is 0.200 e. The van der Waals surface area contributed by atoms with Crippen LogP contribution in [0.2, 0.25) is 0 Å². The first kappa shape index (κ1) is 19.9. The first-order chi connectivity index (χ1) is 13.7. The molecule has 4 nitrogen and oxygen atoms in total. The first-order valence-corrected chi connectivity index (χ1v) is 10.4. The summed E-state index contributed by atoms with van der Waals surface area (Å²) in [5.74, 6) is 0.630. The number of aldehydes is 1. The van der Waals surface area contributed by atoms with Crippen LogP contribution in [0.1, 0.15) is 17.6 Å². The van der Waals surface area contributed by atoms with E-state index in [1.165, 1.54) is 24.8 Å². The maximum atomic E-state index is 11.6. The standard InChI is InChI=1S/C23H23O4P/c1-26-20-15-17(16-21(27-2)23(20)25)22(13-14-24)28(18-9-5-3-6-10-18)19-11-7-4-8-12-19/h3-12,14-16,22,25H,13H2,1-2H3. The molecule has 0 saturated heterocycles. The van der Waals surface area contributed by atoms with Gasteiger partial charge in [0.2, 0.25) is 5.75 Å². The Balaban J connectivity index is 2.19. The summed E-state index contributed by atoms with van der Waals surface area (Å²) in [6.45, 7) is 0. The molecule has 0 fully saturated rings. The average molecular weight is 394 g/mol. The van der Waals surface area contributed by atoms with Gasteiger partial charge in [0.15, 0.2) is 11.5 Å². The third-order valence-corrected chi connectivity index (χ3v) is 7.43. The van der Waals surface area contributed by atoms with E-state index >= 15 is 0 Å². The predicted molar refractivity (Wildman–Crippen MR) is 114 cm³/mol. The Morgan fingerprint density at radius 2 is 1.36 bits per heavy atom. The minimum atomic E-state index is -0.865. The zero-order chi connectivity index (χ0) is 19.9. The Hall–Kier alpha value is -2.84. The largest absolute Gasteiger partial charge is 0.502 e. The van der Waals surface area contributed by atoms with E-state index in [1.807, 2.05) is 36.4 Å². The molecule has 0 spiro atoms. The molecule has 144 valence electrons. The number of methoxy groups -OCH3 is 2. The number of phenols is 1. The monoisotopic (exact) mass is 394 g/mol. The van der Waals surface area contributed by atoms with Gasteiger partial charge in [0.25, 0.3) is 0 Å². The quantitative estimate of drug-likeness (QED) is 0.460. The highest BCUT2D eigenvalue weighted by molar-refractivity contribution is 7.73. The van der Waals surface area contributed by atoms with Crippen LogP contribution in [0, 0.1) is 0 Å². The molecule has 0 radical (unpaired) electrons. The molecular formula is C23H23O4P. The van der Waals surface area contributed by atoms with E-state index in [0.717, 1.165) is 11.8 Å². The van der Waals surface area contributed by atoms with Crippen molar-refractivity contribution in [2.75, 3.05) is 14.2 Å². The van der Waals surface area contributed by atoms with E-state index in [0.29, 0.717) is 17.9 Å². The summed E-state index contributed by atoms with van der Waals surface area (Å²) in [6, 6.07) is 24.1. The lowest BCUT2D eigenvalue weighted by atomic mass is 10.1. The van der Waals surface area contributed by atoms with Gasteiger partial charge in [-0.1, -0.05) is 60.7 Å². The number of aromatic hydroxyl groups is 1. The van der Waals surface area contributed by atoms with Gasteiger partial charge >= 0.3 is 0 Å². The van der Waals surface area contributed by atoms with Crippen molar-refractivity contribution >= 4 is 24.8 Å². The second kappa shape index (κ2) is 9.38. The second-order valence-corrected chi connectivity index (χ2v) is 8.63. The minimum Gasteiger partial charge on any atom is -0.502 e. The number of hydrogen-bond acceptors (Lipinski definition) is 4. The van der Waals surface area contributed by atoms with Gasteiger partial charge in [0.1, 0.15) is 6.29 Å². The van der Waals surface area contributed by atoms with Gasteiger partial charge in [-0.2, -0.15) is 0 Å². The fourth-order valence-corrected chi connectivity index (χ4v) is 6.02. The molecule has 1 atom stereocenters. The highest BCUT2D eigenvalue weighted by Gasteiger charge is 2.28. The van der Waals surface area contributed by atoms with Crippen LogP contribution in [-0.4, -0.2) is 25.6 Å². The zero-order valence-corrected chi connectivity index (χ0v) is 16.8. The van der Waals surface area contributed by atoms with Crippen molar-refractivity contribution in [2.24, 2.45) is 0 Å². The molecule has 0 saturated carbocycles. The fraction of sp³-hybridized carbons (Fsp3) is 0.174. The third kappa shape index (κ3) is 4.18. The van der Waals surface area contributed by atoms with Crippen LogP contribution >= 0.6 is 7.92 Å². The maximum absolute atomic E-state index is 11.6. The maximum Gasteiger partial charge on any atom is 0.200 e. The summed E-state index contributed by atoms with van der Waals surface area (Å²) >= 11 is 0. The third-order valence-electron chi connectivity index (χ3n) is 4.59. The number of carbonyl (C=O) groups is 1. The highest BCUT2D eigenvalue weighted by Crippen LogP contribution is 2.53. The van der Waals surface area contributed by atoms with Crippen molar-refractivity contribution in [3.8, 4) is 17.2 Å². The topological polar surface area (TPSA) is 55.8 Å². The molecule has 0 aliphatic heterocycles. The summed E-state index contributed by atoms with van der Waals surface area (Å²) in [7, 11) is 2.14. The average Bonchev–Trinajstić information content (AvgIpc) is 2.75.